The van der Waals surface area contributed by atoms with Gasteiger partial charge in [0.1, 0.15) is 11.3 Å². The van der Waals surface area contributed by atoms with Gasteiger partial charge in [-0.2, -0.15) is 0 Å². The average Bonchev–Trinajstić information content (AvgIpc) is 3.33. The van der Waals surface area contributed by atoms with Gasteiger partial charge in [-0.25, -0.2) is 4.98 Å². The molecule has 0 aliphatic carbocycles. The molecule has 0 spiro atoms. The lowest BCUT2D eigenvalue weighted by atomic mass is 9.93. The van der Waals surface area contributed by atoms with Crippen molar-refractivity contribution in [2.24, 2.45) is 0 Å². The van der Waals surface area contributed by atoms with Crippen LogP contribution in [-0.4, -0.2) is 26.7 Å². The third kappa shape index (κ3) is 2.75. The van der Waals surface area contributed by atoms with Crippen LogP contribution in [0, 0.1) is 6.92 Å². The summed E-state index contributed by atoms with van der Waals surface area (Å²) in [7, 11) is 0. The van der Waals surface area contributed by atoms with E-state index in [0.29, 0.717) is 12.2 Å². The van der Waals surface area contributed by atoms with Crippen molar-refractivity contribution in [2.75, 3.05) is 6.54 Å². The Hall–Kier alpha value is -2.92. The molecule has 4 nitrogen and oxygen atoms in total. The predicted octanol–water partition coefficient (Wildman–Crippen LogP) is 4.49. The number of fused-ring (bicyclic) bond motifs is 2. The van der Waals surface area contributed by atoms with Crippen molar-refractivity contribution in [3.05, 3.63) is 93.6 Å². The van der Waals surface area contributed by atoms with Crippen LogP contribution in [-0.2, 0) is 6.42 Å². The minimum atomic E-state index is -0.0553. The number of pyridine rings is 1. The number of hydrogen-bond donors (Lipinski definition) is 0. The Kier molecular flexibility index (Phi) is 3.83. The predicted molar refractivity (Wildman–Crippen MR) is 107 cm³/mol. The van der Waals surface area contributed by atoms with Gasteiger partial charge in [0, 0.05) is 23.8 Å². The summed E-state index contributed by atoms with van der Waals surface area (Å²) in [6.45, 7) is 2.74. The van der Waals surface area contributed by atoms with Gasteiger partial charge in [-0.15, -0.1) is 11.3 Å². The van der Waals surface area contributed by atoms with Crippen LogP contribution in [0.4, 0.5) is 0 Å². The molecule has 1 amide bonds. The van der Waals surface area contributed by atoms with Gasteiger partial charge in [-0.1, -0.05) is 30.3 Å². The number of imidazole rings is 1. The van der Waals surface area contributed by atoms with E-state index < -0.39 is 0 Å². The third-order valence-electron chi connectivity index (χ3n) is 5.18. The zero-order valence-corrected chi connectivity index (χ0v) is 15.8. The SMILES string of the molecule is Cc1ccn2cc(C(=O)N3CCc4sccc4[C@@H]3c3ccccc3)nc2c1. The molecule has 0 radical (unpaired) electrons. The maximum absolute atomic E-state index is 13.4. The Morgan fingerprint density at radius 1 is 1.19 bits per heavy atom. The van der Waals surface area contributed by atoms with Crippen LogP contribution in [0.25, 0.3) is 5.65 Å². The summed E-state index contributed by atoms with van der Waals surface area (Å²) in [5.41, 5.74) is 4.83. The maximum atomic E-state index is 13.4. The number of thiophene rings is 1. The summed E-state index contributed by atoms with van der Waals surface area (Å²) in [5.74, 6) is -0.0120. The van der Waals surface area contributed by atoms with Crippen molar-refractivity contribution >= 4 is 22.9 Å². The first-order chi connectivity index (χ1) is 13.2. The molecule has 0 bridgehead atoms. The quantitative estimate of drug-likeness (QED) is 0.519. The van der Waals surface area contributed by atoms with E-state index in [2.05, 4.69) is 28.6 Å². The van der Waals surface area contributed by atoms with E-state index in [1.165, 1.54) is 10.4 Å². The summed E-state index contributed by atoms with van der Waals surface area (Å²) in [5, 5.41) is 2.13. The van der Waals surface area contributed by atoms with E-state index in [0.717, 1.165) is 23.2 Å². The first-order valence-electron chi connectivity index (χ1n) is 9.08. The summed E-state index contributed by atoms with van der Waals surface area (Å²) in [6.07, 6.45) is 4.69. The van der Waals surface area contributed by atoms with E-state index >= 15 is 0 Å². The molecule has 0 N–H and O–H groups in total. The monoisotopic (exact) mass is 373 g/mol. The lowest BCUT2D eigenvalue weighted by Crippen LogP contribution is -2.40. The van der Waals surface area contributed by atoms with Crippen LogP contribution in [0.3, 0.4) is 0 Å². The van der Waals surface area contributed by atoms with Crippen LogP contribution in [0.5, 0.6) is 0 Å². The Labute approximate surface area is 161 Å². The molecule has 5 rings (SSSR count). The molecule has 1 aromatic carbocycles. The van der Waals surface area contributed by atoms with Gasteiger partial charge < -0.3 is 9.30 Å². The van der Waals surface area contributed by atoms with Crippen molar-refractivity contribution in [1.29, 1.82) is 0 Å². The zero-order chi connectivity index (χ0) is 18.4. The fourth-order valence-corrected chi connectivity index (χ4v) is 4.77. The summed E-state index contributed by atoms with van der Waals surface area (Å²) < 4.78 is 1.91. The van der Waals surface area contributed by atoms with Gasteiger partial charge in [0.2, 0.25) is 0 Å². The number of amides is 1. The van der Waals surface area contributed by atoms with Crippen LogP contribution < -0.4 is 0 Å². The highest BCUT2D eigenvalue weighted by molar-refractivity contribution is 7.10. The van der Waals surface area contributed by atoms with Gasteiger partial charge in [0.15, 0.2) is 0 Å². The van der Waals surface area contributed by atoms with Crippen molar-refractivity contribution < 1.29 is 4.79 Å². The van der Waals surface area contributed by atoms with Crippen molar-refractivity contribution in [3.8, 4) is 0 Å². The highest BCUT2D eigenvalue weighted by Gasteiger charge is 2.34. The van der Waals surface area contributed by atoms with Crippen molar-refractivity contribution in [2.45, 2.75) is 19.4 Å². The smallest absolute Gasteiger partial charge is 0.274 e. The van der Waals surface area contributed by atoms with Gasteiger partial charge in [-0.05, 0) is 53.6 Å². The number of rotatable bonds is 2. The zero-order valence-electron chi connectivity index (χ0n) is 15.0. The standard InChI is InChI=1S/C22H19N3OS/c1-15-7-10-24-14-18(23-20(24)13-15)22(26)25-11-8-19-17(9-12-27-19)21(25)16-5-3-2-4-6-16/h2-7,9-10,12-14,21H,8,11H2,1H3/t21-/m0/s1. The van der Waals surface area contributed by atoms with Crippen LogP contribution in [0.1, 0.15) is 38.1 Å². The number of aromatic nitrogens is 2. The summed E-state index contributed by atoms with van der Waals surface area (Å²) >= 11 is 1.78. The van der Waals surface area contributed by atoms with Crippen LogP contribution in [0.2, 0.25) is 0 Å². The molecule has 134 valence electrons. The first kappa shape index (κ1) is 16.3. The largest absolute Gasteiger partial charge is 0.326 e. The number of benzene rings is 1. The molecule has 0 fully saturated rings. The molecule has 3 aromatic heterocycles. The number of hydrogen-bond acceptors (Lipinski definition) is 3. The second kappa shape index (κ2) is 6.35. The minimum absolute atomic E-state index is 0.0120. The molecular formula is C22H19N3OS. The van der Waals surface area contributed by atoms with Crippen molar-refractivity contribution in [3.63, 3.8) is 0 Å². The van der Waals surface area contributed by atoms with E-state index in [1.54, 1.807) is 11.3 Å². The summed E-state index contributed by atoms with van der Waals surface area (Å²) in [6, 6.07) is 16.4. The fraction of sp³-hybridized carbons (Fsp3) is 0.182. The normalized spacial score (nSPS) is 16.5. The van der Waals surface area contributed by atoms with E-state index in [4.69, 9.17) is 0 Å². The van der Waals surface area contributed by atoms with Gasteiger partial charge in [0.05, 0.1) is 6.04 Å². The number of nitrogens with zero attached hydrogens (tertiary/aromatic N) is 3. The van der Waals surface area contributed by atoms with Crippen LogP contribution >= 0.6 is 11.3 Å². The molecule has 0 unspecified atom stereocenters. The number of carbonyl (C=O) groups is 1. The minimum Gasteiger partial charge on any atom is -0.326 e. The Morgan fingerprint density at radius 3 is 2.89 bits per heavy atom. The fourth-order valence-electron chi connectivity index (χ4n) is 3.86. The molecule has 1 aliphatic heterocycles. The summed E-state index contributed by atoms with van der Waals surface area (Å²) in [4.78, 5) is 21.4. The lowest BCUT2D eigenvalue weighted by molar-refractivity contribution is 0.0691. The average molecular weight is 373 g/mol. The Bertz CT molecular complexity index is 1130. The van der Waals surface area contributed by atoms with Gasteiger partial charge in [-0.3, -0.25) is 4.79 Å². The Balaban J connectivity index is 1.58. The molecule has 5 heteroatoms. The molecule has 4 heterocycles. The highest BCUT2D eigenvalue weighted by atomic mass is 32.1. The second-order valence-electron chi connectivity index (χ2n) is 6.96. The molecular weight excluding hydrogens is 354 g/mol. The van der Waals surface area contributed by atoms with E-state index in [9.17, 15) is 4.79 Å². The van der Waals surface area contributed by atoms with Gasteiger partial charge >= 0.3 is 0 Å². The third-order valence-corrected chi connectivity index (χ3v) is 6.17. The van der Waals surface area contributed by atoms with Crippen LogP contribution in [0.15, 0.2) is 66.3 Å². The maximum Gasteiger partial charge on any atom is 0.274 e. The van der Waals surface area contributed by atoms with E-state index in [-0.39, 0.29) is 11.9 Å². The number of aryl methyl sites for hydroxylation is 1. The molecule has 1 atom stereocenters. The molecule has 0 saturated carbocycles. The number of carbonyl (C=O) groups excluding carboxylic acids is 1. The van der Waals surface area contributed by atoms with Crippen molar-refractivity contribution in [1.82, 2.24) is 14.3 Å². The Morgan fingerprint density at radius 2 is 2.04 bits per heavy atom. The second-order valence-corrected chi connectivity index (χ2v) is 7.96. The van der Waals surface area contributed by atoms with E-state index in [1.807, 2.05) is 58.9 Å². The van der Waals surface area contributed by atoms with Gasteiger partial charge in [0.25, 0.3) is 5.91 Å². The molecule has 4 aromatic rings. The highest BCUT2D eigenvalue weighted by Crippen LogP contribution is 2.38. The first-order valence-corrected chi connectivity index (χ1v) is 9.96. The topological polar surface area (TPSA) is 37.6 Å². The molecule has 1 aliphatic rings. The lowest BCUT2D eigenvalue weighted by Gasteiger charge is -2.36. The molecule has 27 heavy (non-hydrogen) atoms. The molecule has 0 saturated heterocycles.